The van der Waals surface area contributed by atoms with Gasteiger partial charge in [-0.15, -0.1) is 6.42 Å². The molecule has 3 nitrogen and oxygen atoms in total. The van der Waals surface area contributed by atoms with Gasteiger partial charge in [-0.25, -0.2) is 0 Å². The molecule has 1 heterocycles. The van der Waals surface area contributed by atoms with Crippen molar-refractivity contribution in [3.8, 4) is 23.8 Å². The van der Waals surface area contributed by atoms with Crippen LogP contribution in [-0.4, -0.2) is 19.0 Å². The Bertz CT molecular complexity index is 429. The van der Waals surface area contributed by atoms with Crippen molar-refractivity contribution in [2.45, 2.75) is 6.42 Å². The number of hydrogen-bond acceptors (Lipinski definition) is 3. The molecule has 2 rings (SSSR count). The van der Waals surface area contributed by atoms with E-state index in [9.17, 15) is 4.79 Å². The van der Waals surface area contributed by atoms with Crippen LogP contribution in [0, 0.1) is 12.3 Å². The van der Waals surface area contributed by atoms with E-state index in [1.807, 2.05) is 0 Å². The van der Waals surface area contributed by atoms with Crippen LogP contribution < -0.4 is 9.47 Å². The Hall–Kier alpha value is -1.95. The number of carbonyl (C=O) groups excluding carboxylic acids is 1. The number of carbonyl (C=O) groups is 1. The van der Waals surface area contributed by atoms with E-state index in [4.69, 9.17) is 15.9 Å². The van der Waals surface area contributed by atoms with Crippen molar-refractivity contribution >= 4 is 5.78 Å². The van der Waals surface area contributed by atoms with Crippen LogP contribution in [0.5, 0.6) is 11.5 Å². The maximum Gasteiger partial charge on any atom is 0.174 e. The average molecular weight is 202 g/mol. The maximum absolute atomic E-state index is 11.5. The number of benzene rings is 1. The van der Waals surface area contributed by atoms with E-state index >= 15 is 0 Å². The topological polar surface area (TPSA) is 35.5 Å². The summed E-state index contributed by atoms with van der Waals surface area (Å²) in [6.07, 6.45) is 5.19. The molecule has 0 aliphatic carbocycles. The normalized spacial score (nSPS) is 13.0. The molecule has 0 fully saturated rings. The number of rotatable bonds is 2. The summed E-state index contributed by atoms with van der Waals surface area (Å²) in [5.74, 6) is 3.54. The number of terminal acetylenes is 1. The molecule has 0 saturated carbocycles. The lowest BCUT2D eigenvalue weighted by Gasteiger charge is -2.18. The van der Waals surface area contributed by atoms with Crippen molar-refractivity contribution in [1.82, 2.24) is 0 Å². The van der Waals surface area contributed by atoms with Gasteiger partial charge in [0.05, 0.1) is 6.42 Å². The second kappa shape index (κ2) is 4.05. The molecule has 1 aliphatic heterocycles. The van der Waals surface area contributed by atoms with E-state index in [0.29, 0.717) is 30.3 Å². The lowest BCUT2D eigenvalue weighted by atomic mass is 10.1. The van der Waals surface area contributed by atoms with E-state index in [2.05, 4.69) is 5.92 Å². The van der Waals surface area contributed by atoms with Crippen molar-refractivity contribution in [2.24, 2.45) is 0 Å². The molecular formula is C12H10O3. The van der Waals surface area contributed by atoms with Gasteiger partial charge in [0.2, 0.25) is 0 Å². The first-order valence-electron chi connectivity index (χ1n) is 4.67. The largest absolute Gasteiger partial charge is 0.486 e. The Morgan fingerprint density at radius 2 is 2.07 bits per heavy atom. The second-order valence-electron chi connectivity index (χ2n) is 3.16. The Morgan fingerprint density at radius 3 is 2.80 bits per heavy atom. The van der Waals surface area contributed by atoms with Gasteiger partial charge in [0.15, 0.2) is 17.3 Å². The van der Waals surface area contributed by atoms with Crippen molar-refractivity contribution in [1.29, 1.82) is 0 Å². The number of ether oxygens (including phenoxy) is 2. The Kier molecular flexibility index (Phi) is 2.59. The highest BCUT2D eigenvalue weighted by Gasteiger charge is 2.14. The van der Waals surface area contributed by atoms with Crippen molar-refractivity contribution in [2.75, 3.05) is 13.2 Å². The smallest absolute Gasteiger partial charge is 0.174 e. The lowest BCUT2D eigenvalue weighted by Crippen LogP contribution is -2.15. The van der Waals surface area contributed by atoms with Gasteiger partial charge >= 0.3 is 0 Å². The molecule has 0 saturated heterocycles. The first kappa shape index (κ1) is 9.60. The van der Waals surface area contributed by atoms with Crippen molar-refractivity contribution < 1.29 is 14.3 Å². The monoisotopic (exact) mass is 202 g/mol. The molecule has 0 bridgehead atoms. The van der Waals surface area contributed by atoms with Crippen LogP contribution in [0.2, 0.25) is 0 Å². The highest BCUT2D eigenvalue weighted by molar-refractivity contribution is 5.98. The fraction of sp³-hybridized carbons (Fsp3) is 0.250. The molecule has 0 atom stereocenters. The third-order valence-electron chi connectivity index (χ3n) is 2.13. The molecule has 3 heteroatoms. The summed E-state index contributed by atoms with van der Waals surface area (Å²) >= 11 is 0. The van der Waals surface area contributed by atoms with E-state index in [0.717, 1.165) is 0 Å². The predicted octanol–water partition coefficient (Wildman–Crippen LogP) is 1.66. The van der Waals surface area contributed by atoms with E-state index in [1.54, 1.807) is 18.2 Å². The number of Topliss-reactive ketones (excluding diaryl/α,β-unsaturated/α-hetero) is 1. The van der Waals surface area contributed by atoms with Crippen molar-refractivity contribution in [3.63, 3.8) is 0 Å². The summed E-state index contributed by atoms with van der Waals surface area (Å²) in [6, 6.07) is 5.11. The summed E-state index contributed by atoms with van der Waals surface area (Å²) < 4.78 is 10.7. The van der Waals surface area contributed by atoms with Crippen LogP contribution in [0.1, 0.15) is 16.8 Å². The van der Waals surface area contributed by atoms with Gasteiger partial charge in [-0.05, 0) is 18.2 Å². The van der Waals surface area contributed by atoms with Crippen LogP contribution in [0.15, 0.2) is 18.2 Å². The third kappa shape index (κ3) is 1.94. The Morgan fingerprint density at radius 1 is 1.33 bits per heavy atom. The second-order valence-corrected chi connectivity index (χ2v) is 3.16. The third-order valence-corrected chi connectivity index (χ3v) is 2.13. The summed E-state index contributed by atoms with van der Waals surface area (Å²) in [6.45, 7) is 1.06. The average Bonchev–Trinajstić information content (AvgIpc) is 2.29. The molecule has 0 unspecified atom stereocenters. The van der Waals surface area contributed by atoms with E-state index in [1.165, 1.54) is 0 Å². The number of ketones is 1. The first-order chi connectivity index (χ1) is 7.31. The molecule has 0 N–H and O–H groups in total. The summed E-state index contributed by atoms with van der Waals surface area (Å²) in [5.41, 5.74) is 0.567. The molecule has 1 aliphatic rings. The summed E-state index contributed by atoms with van der Waals surface area (Å²) in [5, 5.41) is 0. The summed E-state index contributed by atoms with van der Waals surface area (Å²) in [4.78, 5) is 11.5. The van der Waals surface area contributed by atoms with E-state index in [-0.39, 0.29) is 12.2 Å². The van der Waals surface area contributed by atoms with Crippen LogP contribution in [0.25, 0.3) is 0 Å². The Balaban J connectivity index is 2.28. The number of hydrogen-bond donors (Lipinski definition) is 0. The zero-order valence-corrected chi connectivity index (χ0v) is 8.16. The van der Waals surface area contributed by atoms with Gasteiger partial charge in [0.25, 0.3) is 0 Å². The van der Waals surface area contributed by atoms with Gasteiger partial charge in [-0.3, -0.25) is 4.79 Å². The van der Waals surface area contributed by atoms with Gasteiger partial charge in [-0.1, -0.05) is 5.92 Å². The van der Waals surface area contributed by atoms with Crippen LogP contribution in [-0.2, 0) is 0 Å². The first-order valence-corrected chi connectivity index (χ1v) is 4.67. The molecule has 76 valence electrons. The molecule has 0 aromatic heterocycles. The fourth-order valence-electron chi connectivity index (χ4n) is 1.41. The minimum atomic E-state index is -0.0746. The van der Waals surface area contributed by atoms with Gasteiger partial charge in [-0.2, -0.15) is 0 Å². The molecule has 15 heavy (non-hydrogen) atoms. The molecule has 0 amide bonds. The van der Waals surface area contributed by atoms with Gasteiger partial charge in [0, 0.05) is 5.56 Å². The van der Waals surface area contributed by atoms with E-state index < -0.39 is 0 Å². The minimum absolute atomic E-state index is 0.0746. The minimum Gasteiger partial charge on any atom is -0.486 e. The maximum atomic E-state index is 11.5. The highest BCUT2D eigenvalue weighted by atomic mass is 16.6. The van der Waals surface area contributed by atoms with Crippen LogP contribution in [0.4, 0.5) is 0 Å². The molecule has 0 radical (unpaired) electrons. The van der Waals surface area contributed by atoms with Crippen LogP contribution >= 0.6 is 0 Å². The van der Waals surface area contributed by atoms with Gasteiger partial charge < -0.3 is 9.47 Å². The molecular weight excluding hydrogens is 192 g/mol. The summed E-state index contributed by atoms with van der Waals surface area (Å²) in [7, 11) is 0. The fourth-order valence-corrected chi connectivity index (χ4v) is 1.41. The predicted molar refractivity (Wildman–Crippen MR) is 55.2 cm³/mol. The zero-order chi connectivity index (χ0) is 10.7. The highest BCUT2D eigenvalue weighted by Crippen LogP contribution is 2.30. The molecule has 1 aromatic rings. The quantitative estimate of drug-likeness (QED) is 0.540. The van der Waals surface area contributed by atoms with Crippen LogP contribution in [0.3, 0.4) is 0 Å². The number of fused-ring (bicyclic) bond motifs is 1. The van der Waals surface area contributed by atoms with Gasteiger partial charge in [0.1, 0.15) is 13.2 Å². The zero-order valence-electron chi connectivity index (χ0n) is 8.16. The standard InChI is InChI=1S/C12H10O3/c1-2-3-10(13)9-4-5-11-12(8-9)15-7-6-14-11/h1,4-5,8H,3,6-7H2. The molecule has 1 aromatic carbocycles. The lowest BCUT2D eigenvalue weighted by molar-refractivity contribution is 0.0997. The SMILES string of the molecule is C#CCC(=O)c1ccc2c(c1)OCCO2. The Labute approximate surface area is 88.0 Å². The van der Waals surface area contributed by atoms with Crippen molar-refractivity contribution in [3.05, 3.63) is 23.8 Å². The molecule has 0 spiro atoms.